The smallest absolute Gasteiger partial charge is 0.305 e. The van der Waals surface area contributed by atoms with Crippen LogP contribution in [0.5, 0.6) is 5.75 Å². The normalized spacial score (nSPS) is 10.1. The molecule has 94 valence electrons. The number of halogens is 2. The fourth-order valence-corrected chi connectivity index (χ4v) is 1.49. The van der Waals surface area contributed by atoms with E-state index in [1.54, 1.807) is 25.1 Å². The zero-order valence-electron chi connectivity index (χ0n) is 9.54. The molecule has 0 aliphatic heterocycles. The minimum absolute atomic E-state index is 0.203. The summed E-state index contributed by atoms with van der Waals surface area (Å²) in [6, 6.07) is 5.05. The van der Waals surface area contributed by atoms with Crippen molar-refractivity contribution < 1.29 is 14.3 Å². The molecule has 1 aromatic carbocycles. The molecule has 0 aliphatic carbocycles. The van der Waals surface area contributed by atoms with Gasteiger partial charge in [0.2, 0.25) is 0 Å². The molecule has 0 fully saturated rings. The summed E-state index contributed by atoms with van der Waals surface area (Å²) in [4.78, 5) is 11.0. The third-order valence-electron chi connectivity index (χ3n) is 1.99. The summed E-state index contributed by atoms with van der Waals surface area (Å²) in [6.45, 7) is 2.63. The number of hydrogen-bond donors (Lipinski definition) is 0. The lowest BCUT2D eigenvalue weighted by molar-refractivity contribution is -0.143. The van der Waals surface area contributed by atoms with Crippen LogP contribution in [0.25, 0.3) is 0 Å². The van der Waals surface area contributed by atoms with E-state index in [0.29, 0.717) is 41.9 Å². The van der Waals surface area contributed by atoms with Gasteiger partial charge in [-0.1, -0.05) is 23.2 Å². The highest BCUT2D eigenvalue weighted by molar-refractivity contribution is 6.42. The molecule has 5 heteroatoms. The summed E-state index contributed by atoms with van der Waals surface area (Å²) in [5.41, 5.74) is 0. The maximum absolute atomic E-state index is 11.0. The molecule has 0 saturated heterocycles. The number of hydrogen-bond acceptors (Lipinski definition) is 3. The van der Waals surface area contributed by atoms with E-state index in [-0.39, 0.29) is 5.97 Å². The van der Waals surface area contributed by atoms with Crippen LogP contribution in [-0.4, -0.2) is 19.2 Å². The Morgan fingerprint density at radius 1 is 1.29 bits per heavy atom. The minimum atomic E-state index is -0.203. The van der Waals surface area contributed by atoms with Gasteiger partial charge >= 0.3 is 5.97 Å². The van der Waals surface area contributed by atoms with Gasteiger partial charge < -0.3 is 9.47 Å². The number of benzene rings is 1. The van der Waals surface area contributed by atoms with Crippen LogP contribution in [-0.2, 0) is 9.53 Å². The lowest BCUT2D eigenvalue weighted by Gasteiger charge is -2.06. The SMILES string of the molecule is CCOC(=O)CCCOc1ccc(Cl)c(Cl)c1. The van der Waals surface area contributed by atoms with Gasteiger partial charge in [-0.3, -0.25) is 4.79 Å². The predicted molar refractivity (Wildman–Crippen MR) is 67.8 cm³/mol. The second-order valence-electron chi connectivity index (χ2n) is 3.33. The van der Waals surface area contributed by atoms with Gasteiger partial charge in [0.1, 0.15) is 5.75 Å². The molecule has 0 heterocycles. The van der Waals surface area contributed by atoms with Gasteiger partial charge in [0, 0.05) is 12.5 Å². The lowest BCUT2D eigenvalue weighted by Crippen LogP contribution is -2.06. The summed E-state index contributed by atoms with van der Waals surface area (Å²) >= 11 is 11.6. The zero-order valence-corrected chi connectivity index (χ0v) is 11.1. The van der Waals surface area contributed by atoms with Crippen molar-refractivity contribution in [3.8, 4) is 5.75 Å². The predicted octanol–water partition coefficient (Wildman–Crippen LogP) is 3.72. The standard InChI is InChI=1S/C12H14Cl2O3/c1-2-16-12(15)4-3-7-17-9-5-6-10(13)11(14)8-9/h5-6,8H,2-4,7H2,1H3. The highest BCUT2D eigenvalue weighted by Crippen LogP contribution is 2.26. The molecule has 0 amide bonds. The van der Waals surface area contributed by atoms with Crippen molar-refractivity contribution >= 4 is 29.2 Å². The Kier molecular flexibility index (Phi) is 6.16. The molecule has 3 nitrogen and oxygen atoms in total. The van der Waals surface area contributed by atoms with Crippen molar-refractivity contribution in [3.63, 3.8) is 0 Å². The topological polar surface area (TPSA) is 35.5 Å². The molecule has 17 heavy (non-hydrogen) atoms. The van der Waals surface area contributed by atoms with Crippen molar-refractivity contribution in [2.75, 3.05) is 13.2 Å². The Morgan fingerprint density at radius 3 is 2.71 bits per heavy atom. The first-order chi connectivity index (χ1) is 8.13. The van der Waals surface area contributed by atoms with Gasteiger partial charge in [-0.15, -0.1) is 0 Å². The Bertz CT molecular complexity index is 380. The average molecular weight is 277 g/mol. The number of esters is 1. The molecule has 0 N–H and O–H groups in total. The quantitative estimate of drug-likeness (QED) is 0.587. The van der Waals surface area contributed by atoms with Gasteiger partial charge in [-0.25, -0.2) is 0 Å². The van der Waals surface area contributed by atoms with Gasteiger partial charge in [0.15, 0.2) is 0 Å². The molecule has 0 radical (unpaired) electrons. The molecule has 0 aliphatic rings. The van der Waals surface area contributed by atoms with Crippen molar-refractivity contribution in [2.24, 2.45) is 0 Å². The second-order valence-corrected chi connectivity index (χ2v) is 4.15. The van der Waals surface area contributed by atoms with Crippen LogP contribution in [0.15, 0.2) is 18.2 Å². The first kappa shape index (κ1) is 14.1. The first-order valence-electron chi connectivity index (χ1n) is 5.37. The van der Waals surface area contributed by atoms with Crippen LogP contribution >= 0.6 is 23.2 Å². The largest absolute Gasteiger partial charge is 0.494 e. The Hall–Kier alpha value is -0.930. The van der Waals surface area contributed by atoms with Crippen LogP contribution in [0.2, 0.25) is 10.0 Å². The van der Waals surface area contributed by atoms with E-state index in [1.807, 2.05) is 0 Å². The third-order valence-corrected chi connectivity index (χ3v) is 2.73. The van der Waals surface area contributed by atoms with Gasteiger partial charge in [0.05, 0.1) is 23.3 Å². The second kappa shape index (κ2) is 7.41. The van der Waals surface area contributed by atoms with Crippen LogP contribution in [0.4, 0.5) is 0 Å². The molecule has 0 aromatic heterocycles. The fourth-order valence-electron chi connectivity index (χ4n) is 1.21. The van der Waals surface area contributed by atoms with E-state index >= 15 is 0 Å². The highest BCUT2D eigenvalue weighted by Gasteiger charge is 2.03. The molecular formula is C12H14Cl2O3. The van der Waals surface area contributed by atoms with E-state index in [1.165, 1.54) is 0 Å². The van der Waals surface area contributed by atoms with E-state index in [0.717, 1.165) is 0 Å². The summed E-state index contributed by atoms with van der Waals surface area (Å²) in [6.07, 6.45) is 0.967. The molecular weight excluding hydrogens is 263 g/mol. The Labute approximate surface area is 111 Å². The summed E-state index contributed by atoms with van der Waals surface area (Å²) in [5, 5.41) is 0.945. The molecule has 0 bridgehead atoms. The number of carbonyl (C=O) groups excluding carboxylic acids is 1. The Balaban J connectivity index is 2.26. The maximum atomic E-state index is 11.0. The van der Waals surface area contributed by atoms with Gasteiger partial charge in [-0.2, -0.15) is 0 Å². The molecule has 0 unspecified atom stereocenters. The lowest BCUT2D eigenvalue weighted by atomic mass is 10.3. The summed E-state index contributed by atoms with van der Waals surface area (Å²) < 4.78 is 10.2. The van der Waals surface area contributed by atoms with Crippen molar-refractivity contribution in [1.82, 2.24) is 0 Å². The molecule has 0 atom stereocenters. The third kappa shape index (κ3) is 5.29. The van der Waals surface area contributed by atoms with Crippen LogP contribution in [0, 0.1) is 0 Å². The number of rotatable bonds is 6. The van der Waals surface area contributed by atoms with E-state index < -0.39 is 0 Å². The van der Waals surface area contributed by atoms with Crippen LogP contribution in [0.1, 0.15) is 19.8 Å². The number of carbonyl (C=O) groups is 1. The Morgan fingerprint density at radius 2 is 2.06 bits per heavy atom. The van der Waals surface area contributed by atoms with Crippen LogP contribution in [0.3, 0.4) is 0 Å². The fraction of sp³-hybridized carbons (Fsp3) is 0.417. The average Bonchev–Trinajstić information content (AvgIpc) is 2.29. The zero-order chi connectivity index (χ0) is 12.7. The molecule has 1 aromatic rings. The van der Waals surface area contributed by atoms with Crippen molar-refractivity contribution in [1.29, 1.82) is 0 Å². The maximum Gasteiger partial charge on any atom is 0.305 e. The number of ether oxygens (including phenoxy) is 2. The van der Waals surface area contributed by atoms with Crippen LogP contribution < -0.4 is 4.74 Å². The highest BCUT2D eigenvalue weighted by atomic mass is 35.5. The monoisotopic (exact) mass is 276 g/mol. The summed E-state index contributed by atoms with van der Waals surface area (Å²) in [5.74, 6) is 0.438. The van der Waals surface area contributed by atoms with E-state index in [9.17, 15) is 4.79 Å². The first-order valence-corrected chi connectivity index (χ1v) is 6.12. The van der Waals surface area contributed by atoms with Gasteiger partial charge in [-0.05, 0) is 25.5 Å². The molecule has 0 saturated carbocycles. The van der Waals surface area contributed by atoms with Gasteiger partial charge in [0.25, 0.3) is 0 Å². The minimum Gasteiger partial charge on any atom is -0.494 e. The molecule has 1 rings (SSSR count). The van der Waals surface area contributed by atoms with Crippen molar-refractivity contribution in [2.45, 2.75) is 19.8 Å². The van der Waals surface area contributed by atoms with E-state index in [2.05, 4.69) is 0 Å². The van der Waals surface area contributed by atoms with Crippen molar-refractivity contribution in [3.05, 3.63) is 28.2 Å². The molecule has 0 spiro atoms. The van der Waals surface area contributed by atoms with E-state index in [4.69, 9.17) is 32.7 Å². The summed E-state index contributed by atoms with van der Waals surface area (Å²) in [7, 11) is 0.